The fourth-order valence-corrected chi connectivity index (χ4v) is 2.40. The molecule has 0 saturated carbocycles. The van der Waals surface area contributed by atoms with Crippen LogP contribution in [0.25, 0.3) is 0 Å². The van der Waals surface area contributed by atoms with Crippen LogP contribution in [-0.2, 0) is 4.79 Å². The van der Waals surface area contributed by atoms with E-state index in [0.717, 1.165) is 13.1 Å². The molecule has 0 spiro atoms. The Kier molecular flexibility index (Phi) is 5.51. The third-order valence-corrected chi connectivity index (χ3v) is 3.82. The molecule has 21 heavy (non-hydrogen) atoms. The van der Waals surface area contributed by atoms with E-state index in [1.807, 2.05) is 0 Å². The van der Waals surface area contributed by atoms with E-state index in [9.17, 15) is 14.9 Å². The molecule has 8 heteroatoms. The Balaban J connectivity index is 1.86. The van der Waals surface area contributed by atoms with E-state index >= 15 is 0 Å². The van der Waals surface area contributed by atoms with Crippen LogP contribution in [0.1, 0.15) is 6.42 Å². The number of ether oxygens (including phenoxy) is 1. The molecular weight excluding hydrogens is 342 g/mol. The molecule has 1 aromatic rings. The molecule has 1 aliphatic rings. The van der Waals surface area contributed by atoms with Crippen molar-refractivity contribution in [1.82, 2.24) is 10.2 Å². The molecule has 1 saturated heterocycles. The second-order valence-electron chi connectivity index (χ2n) is 4.60. The number of rotatable bonds is 5. The Morgan fingerprint density at radius 3 is 2.81 bits per heavy atom. The molecule has 114 valence electrons. The normalized spacial score (nSPS) is 14.8. The van der Waals surface area contributed by atoms with Gasteiger partial charge in [-0.05, 0) is 22.0 Å². The van der Waals surface area contributed by atoms with Crippen LogP contribution < -0.4 is 10.1 Å². The molecule has 1 aromatic carbocycles. The molecule has 0 radical (unpaired) electrons. The number of carbonyl (C=O) groups is 1. The highest BCUT2D eigenvalue weighted by atomic mass is 79.9. The number of amides is 1. The summed E-state index contributed by atoms with van der Waals surface area (Å²) in [6.07, 6.45) is 0.259. The number of nitro benzene ring substituents is 1. The van der Waals surface area contributed by atoms with E-state index in [-0.39, 0.29) is 24.6 Å². The van der Waals surface area contributed by atoms with Gasteiger partial charge >= 0.3 is 0 Å². The predicted octanol–water partition coefficient (Wildman–Crippen LogP) is 1.56. The van der Waals surface area contributed by atoms with Crippen LogP contribution in [0.3, 0.4) is 0 Å². The van der Waals surface area contributed by atoms with Crippen LogP contribution in [0.2, 0.25) is 0 Å². The van der Waals surface area contributed by atoms with Gasteiger partial charge in [0.2, 0.25) is 5.91 Å². The molecule has 0 aromatic heterocycles. The fourth-order valence-electron chi connectivity index (χ4n) is 2.04. The molecule has 2 rings (SSSR count). The number of hydrogen-bond donors (Lipinski definition) is 1. The highest BCUT2D eigenvalue weighted by Gasteiger charge is 2.16. The summed E-state index contributed by atoms with van der Waals surface area (Å²) in [6.45, 7) is 3.23. The molecule has 7 nitrogen and oxygen atoms in total. The molecule has 0 atom stereocenters. The summed E-state index contributed by atoms with van der Waals surface area (Å²) in [5, 5.41) is 13.9. The molecule has 0 unspecified atom stereocenters. The van der Waals surface area contributed by atoms with Crippen LogP contribution in [0.15, 0.2) is 22.7 Å². The van der Waals surface area contributed by atoms with Gasteiger partial charge in [-0.25, -0.2) is 0 Å². The van der Waals surface area contributed by atoms with Gasteiger partial charge in [-0.15, -0.1) is 0 Å². The summed E-state index contributed by atoms with van der Waals surface area (Å²) in [5.41, 5.74) is -0.0402. The highest BCUT2D eigenvalue weighted by molar-refractivity contribution is 9.10. The molecule has 0 bridgehead atoms. The summed E-state index contributed by atoms with van der Waals surface area (Å²) in [4.78, 5) is 24.0. The third kappa shape index (κ3) is 4.40. The number of nitrogens with zero attached hydrogens (tertiary/aromatic N) is 2. The first kappa shape index (κ1) is 15.7. The minimum Gasteiger partial charge on any atom is -0.492 e. The van der Waals surface area contributed by atoms with Gasteiger partial charge in [0.1, 0.15) is 5.75 Å². The quantitative estimate of drug-likeness (QED) is 0.638. The van der Waals surface area contributed by atoms with Gasteiger partial charge < -0.3 is 15.0 Å². The van der Waals surface area contributed by atoms with Gasteiger partial charge in [0.25, 0.3) is 5.69 Å². The number of nitrogens with one attached hydrogen (secondary N) is 1. The Bertz CT molecular complexity index is 532. The lowest BCUT2D eigenvalue weighted by Crippen LogP contribution is -2.46. The first-order valence-electron chi connectivity index (χ1n) is 6.63. The molecule has 1 amide bonds. The highest BCUT2D eigenvalue weighted by Crippen LogP contribution is 2.29. The number of carbonyl (C=O) groups excluding carboxylic acids is 1. The molecular formula is C13H16BrN3O4. The standard InChI is InChI=1S/C13H16BrN3O4/c14-11-2-1-10(17(19)20)9-12(11)21-8-3-13(18)16-6-4-15-5-7-16/h1-2,9,15H,3-8H2. The van der Waals surface area contributed by atoms with Crippen LogP contribution in [-0.4, -0.2) is 48.5 Å². The number of halogens is 1. The average molecular weight is 358 g/mol. The third-order valence-electron chi connectivity index (χ3n) is 3.17. The van der Waals surface area contributed by atoms with Crippen LogP contribution in [0.5, 0.6) is 5.75 Å². The van der Waals surface area contributed by atoms with Gasteiger partial charge in [-0.1, -0.05) is 0 Å². The van der Waals surface area contributed by atoms with Crippen LogP contribution in [0, 0.1) is 10.1 Å². The summed E-state index contributed by atoms with van der Waals surface area (Å²) in [5.74, 6) is 0.412. The van der Waals surface area contributed by atoms with E-state index in [2.05, 4.69) is 21.2 Å². The lowest BCUT2D eigenvalue weighted by molar-refractivity contribution is -0.385. The van der Waals surface area contributed by atoms with Crippen molar-refractivity contribution in [3.63, 3.8) is 0 Å². The van der Waals surface area contributed by atoms with Crippen molar-refractivity contribution in [1.29, 1.82) is 0 Å². The van der Waals surface area contributed by atoms with Gasteiger partial charge in [0, 0.05) is 32.2 Å². The molecule has 1 N–H and O–H groups in total. The van der Waals surface area contributed by atoms with E-state index in [1.165, 1.54) is 12.1 Å². The van der Waals surface area contributed by atoms with Crippen molar-refractivity contribution in [2.45, 2.75) is 6.42 Å². The van der Waals surface area contributed by atoms with E-state index in [0.29, 0.717) is 23.3 Å². The number of hydrogen-bond acceptors (Lipinski definition) is 5. The first-order valence-corrected chi connectivity index (χ1v) is 7.42. The predicted molar refractivity (Wildman–Crippen MR) is 80.4 cm³/mol. The first-order chi connectivity index (χ1) is 10.1. The number of nitro groups is 1. The van der Waals surface area contributed by atoms with Crippen molar-refractivity contribution in [2.24, 2.45) is 0 Å². The van der Waals surface area contributed by atoms with Gasteiger partial charge in [0.05, 0.1) is 28.5 Å². The van der Waals surface area contributed by atoms with Crippen LogP contribution >= 0.6 is 15.9 Å². The lowest BCUT2D eigenvalue weighted by atomic mass is 10.3. The van der Waals surface area contributed by atoms with Crippen molar-refractivity contribution >= 4 is 27.5 Å². The summed E-state index contributed by atoms with van der Waals surface area (Å²) < 4.78 is 6.10. The number of benzene rings is 1. The average Bonchev–Trinajstić information content (AvgIpc) is 2.49. The van der Waals surface area contributed by atoms with E-state index in [4.69, 9.17) is 4.74 Å². The summed E-state index contributed by atoms with van der Waals surface area (Å²) in [7, 11) is 0. The molecule has 0 aliphatic carbocycles. The Labute approximate surface area is 130 Å². The number of non-ortho nitro benzene ring substituents is 1. The zero-order chi connectivity index (χ0) is 15.2. The lowest BCUT2D eigenvalue weighted by Gasteiger charge is -2.27. The Morgan fingerprint density at radius 2 is 2.14 bits per heavy atom. The summed E-state index contributed by atoms with van der Waals surface area (Å²) in [6, 6.07) is 4.30. The second-order valence-corrected chi connectivity index (χ2v) is 5.46. The zero-order valence-corrected chi connectivity index (χ0v) is 13.0. The van der Waals surface area contributed by atoms with Crippen molar-refractivity contribution < 1.29 is 14.5 Å². The number of piperazine rings is 1. The molecule has 1 heterocycles. The Hall–Kier alpha value is -1.67. The second kappa shape index (κ2) is 7.37. The fraction of sp³-hybridized carbons (Fsp3) is 0.462. The minimum atomic E-state index is -0.481. The monoisotopic (exact) mass is 357 g/mol. The van der Waals surface area contributed by atoms with E-state index in [1.54, 1.807) is 11.0 Å². The SMILES string of the molecule is O=C(CCOc1cc([N+](=O)[O-])ccc1Br)N1CCNCC1. The van der Waals surface area contributed by atoms with Crippen molar-refractivity contribution in [3.05, 3.63) is 32.8 Å². The maximum absolute atomic E-state index is 11.9. The Morgan fingerprint density at radius 1 is 1.43 bits per heavy atom. The summed E-state index contributed by atoms with van der Waals surface area (Å²) >= 11 is 3.27. The maximum atomic E-state index is 11.9. The van der Waals surface area contributed by atoms with Gasteiger partial charge in [-0.2, -0.15) is 0 Å². The van der Waals surface area contributed by atoms with Gasteiger partial charge in [0.15, 0.2) is 0 Å². The van der Waals surface area contributed by atoms with Crippen molar-refractivity contribution in [2.75, 3.05) is 32.8 Å². The van der Waals surface area contributed by atoms with Gasteiger partial charge in [-0.3, -0.25) is 14.9 Å². The molecule has 1 aliphatic heterocycles. The topological polar surface area (TPSA) is 84.7 Å². The smallest absolute Gasteiger partial charge is 0.273 e. The van der Waals surface area contributed by atoms with Crippen LogP contribution in [0.4, 0.5) is 5.69 Å². The van der Waals surface area contributed by atoms with E-state index < -0.39 is 4.92 Å². The minimum absolute atomic E-state index is 0.0399. The maximum Gasteiger partial charge on any atom is 0.273 e. The van der Waals surface area contributed by atoms with Crippen molar-refractivity contribution in [3.8, 4) is 5.75 Å². The molecule has 1 fully saturated rings. The zero-order valence-electron chi connectivity index (χ0n) is 11.4. The largest absolute Gasteiger partial charge is 0.492 e.